The molecule has 0 fully saturated rings. The molecule has 0 bridgehead atoms. The first-order valence-corrected chi connectivity index (χ1v) is 7.11. The number of aromatic nitrogens is 2. The van der Waals surface area contributed by atoms with Gasteiger partial charge in [-0.2, -0.15) is 5.26 Å². The smallest absolute Gasteiger partial charge is 0.262 e. The maximum absolute atomic E-state index is 11.9. The van der Waals surface area contributed by atoms with Crippen LogP contribution in [-0.2, 0) is 4.79 Å². The highest BCUT2D eigenvalue weighted by Gasteiger charge is 2.15. The molecule has 2 rings (SSSR count). The summed E-state index contributed by atoms with van der Waals surface area (Å²) in [5, 5.41) is 15.8. The van der Waals surface area contributed by atoms with E-state index in [-0.39, 0.29) is 5.57 Å². The molecule has 0 radical (unpaired) electrons. The first kappa shape index (κ1) is 16.3. The maximum Gasteiger partial charge on any atom is 0.262 e. The third-order valence-corrected chi connectivity index (χ3v) is 3.39. The number of rotatable bonds is 5. The minimum absolute atomic E-state index is 0.0448. The van der Waals surface area contributed by atoms with Crippen molar-refractivity contribution in [2.45, 2.75) is 20.8 Å². The Morgan fingerprint density at radius 1 is 1.48 bits per heavy atom. The van der Waals surface area contributed by atoms with Crippen molar-refractivity contribution in [2.24, 2.45) is 0 Å². The highest BCUT2D eigenvalue weighted by Crippen LogP contribution is 2.22. The zero-order chi connectivity index (χ0) is 17.0. The fourth-order valence-corrected chi connectivity index (χ4v) is 2.31. The fourth-order valence-electron chi connectivity index (χ4n) is 2.31. The first-order valence-electron chi connectivity index (χ1n) is 7.11. The number of nitrogens with zero attached hydrogens (tertiary/aromatic N) is 3. The van der Waals surface area contributed by atoms with E-state index in [2.05, 4.69) is 17.1 Å². The molecule has 2 heterocycles. The second-order valence-electron chi connectivity index (χ2n) is 5.13. The van der Waals surface area contributed by atoms with Crippen LogP contribution in [0.4, 0.5) is 0 Å². The van der Waals surface area contributed by atoms with Gasteiger partial charge in [-0.15, -0.1) is 6.58 Å². The van der Waals surface area contributed by atoms with Crippen molar-refractivity contribution in [3.05, 3.63) is 53.1 Å². The number of carbonyl (C=O) groups is 1. The third-order valence-electron chi connectivity index (χ3n) is 3.39. The molecule has 23 heavy (non-hydrogen) atoms. The molecule has 0 unspecified atom stereocenters. The van der Waals surface area contributed by atoms with Gasteiger partial charge in [-0.3, -0.25) is 9.36 Å². The lowest BCUT2D eigenvalue weighted by Gasteiger charge is -2.04. The van der Waals surface area contributed by atoms with Crippen LogP contribution in [-0.4, -0.2) is 22.2 Å². The lowest BCUT2D eigenvalue weighted by molar-refractivity contribution is -0.116. The predicted octanol–water partition coefficient (Wildman–Crippen LogP) is 2.60. The van der Waals surface area contributed by atoms with Gasteiger partial charge < -0.3 is 9.84 Å². The maximum atomic E-state index is 11.9. The van der Waals surface area contributed by atoms with Gasteiger partial charge in [0.15, 0.2) is 5.82 Å². The molecule has 0 aliphatic rings. The Kier molecular flexibility index (Phi) is 4.82. The highest BCUT2D eigenvalue weighted by atomic mass is 16.5. The standard InChI is InChI=1S/C17H18N4O2/c1-5-6-19-17(22)15(10-18)9-14-7-11(2)21(13(14)4)16-8-12(3)23-20-16/h5,7-9H,1,6H2,2-4H3,(H,19,22)/b15-9+. The Bertz CT molecular complexity index is 818. The van der Waals surface area contributed by atoms with E-state index in [9.17, 15) is 10.1 Å². The minimum atomic E-state index is -0.422. The number of aryl methyl sites for hydroxylation is 2. The van der Waals surface area contributed by atoms with Crippen molar-refractivity contribution in [1.29, 1.82) is 5.26 Å². The average Bonchev–Trinajstić information content (AvgIpc) is 3.05. The molecule has 0 aliphatic carbocycles. The summed E-state index contributed by atoms with van der Waals surface area (Å²) in [6.45, 7) is 9.50. The molecule has 1 N–H and O–H groups in total. The summed E-state index contributed by atoms with van der Waals surface area (Å²) in [6.07, 6.45) is 3.13. The molecule has 2 aromatic rings. The molecular formula is C17H18N4O2. The third kappa shape index (κ3) is 3.40. The van der Waals surface area contributed by atoms with Crippen LogP contribution in [0.5, 0.6) is 0 Å². The highest BCUT2D eigenvalue weighted by molar-refractivity contribution is 6.01. The van der Waals surface area contributed by atoms with Gasteiger partial charge in [0.2, 0.25) is 0 Å². The van der Waals surface area contributed by atoms with Crippen molar-refractivity contribution in [2.75, 3.05) is 6.54 Å². The SMILES string of the molecule is C=CCNC(=O)/C(C#N)=C/c1cc(C)n(-c2cc(C)on2)c1C. The number of hydrogen-bond donors (Lipinski definition) is 1. The molecule has 6 nitrogen and oxygen atoms in total. The van der Waals surface area contributed by atoms with Gasteiger partial charge in [-0.25, -0.2) is 0 Å². The van der Waals surface area contributed by atoms with E-state index in [1.807, 2.05) is 43.5 Å². The molecule has 2 aromatic heterocycles. The Labute approximate surface area is 134 Å². The number of nitrogens with one attached hydrogen (secondary N) is 1. The number of nitriles is 1. The van der Waals surface area contributed by atoms with E-state index < -0.39 is 5.91 Å². The van der Waals surface area contributed by atoms with Gasteiger partial charge in [-0.1, -0.05) is 11.2 Å². The molecule has 0 saturated carbocycles. The summed E-state index contributed by atoms with van der Waals surface area (Å²) in [6, 6.07) is 5.66. The summed E-state index contributed by atoms with van der Waals surface area (Å²) in [5.74, 6) is 0.965. The van der Waals surface area contributed by atoms with Crippen LogP contribution in [0.15, 0.2) is 34.9 Å². The molecule has 6 heteroatoms. The molecule has 0 aliphatic heterocycles. The van der Waals surface area contributed by atoms with E-state index in [0.717, 1.165) is 17.0 Å². The fraction of sp³-hybridized carbons (Fsp3) is 0.235. The summed E-state index contributed by atoms with van der Waals surface area (Å²) in [7, 11) is 0. The van der Waals surface area contributed by atoms with Crippen molar-refractivity contribution >= 4 is 12.0 Å². The molecule has 0 spiro atoms. The van der Waals surface area contributed by atoms with Crippen molar-refractivity contribution in [3.8, 4) is 11.9 Å². The first-order chi connectivity index (χ1) is 11.0. The van der Waals surface area contributed by atoms with Crippen LogP contribution >= 0.6 is 0 Å². The molecule has 118 valence electrons. The summed E-state index contributed by atoms with van der Waals surface area (Å²) in [5.41, 5.74) is 2.64. The molecular weight excluding hydrogens is 292 g/mol. The van der Waals surface area contributed by atoms with Crippen LogP contribution in [0.25, 0.3) is 11.9 Å². The quantitative estimate of drug-likeness (QED) is 0.522. The topological polar surface area (TPSA) is 83.9 Å². The van der Waals surface area contributed by atoms with Crippen LogP contribution in [0.3, 0.4) is 0 Å². The molecule has 1 amide bonds. The predicted molar refractivity (Wildman–Crippen MR) is 86.8 cm³/mol. The van der Waals surface area contributed by atoms with Gasteiger partial charge in [0.05, 0.1) is 0 Å². The van der Waals surface area contributed by atoms with Gasteiger partial charge in [-0.05, 0) is 38.5 Å². The van der Waals surface area contributed by atoms with Crippen LogP contribution in [0, 0.1) is 32.1 Å². The summed E-state index contributed by atoms with van der Waals surface area (Å²) in [4.78, 5) is 11.9. The zero-order valence-electron chi connectivity index (χ0n) is 13.4. The van der Waals surface area contributed by atoms with Crippen LogP contribution in [0.1, 0.15) is 22.7 Å². The average molecular weight is 310 g/mol. The van der Waals surface area contributed by atoms with Crippen molar-refractivity contribution < 1.29 is 9.32 Å². The number of hydrogen-bond acceptors (Lipinski definition) is 4. The lowest BCUT2D eigenvalue weighted by Crippen LogP contribution is -2.24. The van der Waals surface area contributed by atoms with Gasteiger partial charge in [0.25, 0.3) is 5.91 Å². The van der Waals surface area contributed by atoms with Crippen molar-refractivity contribution in [1.82, 2.24) is 15.0 Å². The normalized spacial score (nSPS) is 11.1. The van der Waals surface area contributed by atoms with E-state index >= 15 is 0 Å². The zero-order valence-corrected chi connectivity index (χ0v) is 13.4. The number of carbonyl (C=O) groups excluding carboxylic acids is 1. The largest absolute Gasteiger partial charge is 0.360 e. The lowest BCUT2D eigenvalue weighted by atomic mass is 10.1. The summed E-state index contributed by atoms with van der Waals surface area (Å²) < 4.78 is 7.03. The Balaban J connectivity index is 2.41. The van der Waals surface area contributed by atoms with E-state index in [0.29, 0.717) is 18.1 Å². The summed E-state index contributed by atoms with van der Waals surface area (Å²) >= 11 is 0. The Morgan fingerprint density at radius 3 is 2.78 bits per heavy atom. The molecule has 0 saturated heterocycles. The second kappa shape index (κ2) is 6.79. The van der Waals surface area contributed by atoms with Gasteiger partial charge in [0, 0.05) is 24.0 Å². The molecule has 0 aromatic carbocycles. The van der Waals surface area contributed by atoms with Crippen molar-refractivity contribution in [3.63, 3.8) is 0 Å². The Hall–Kier alpha value is -3.07. The monoisotopic (exact) mass is 310 g/mol. The van der Waals surface area contributed by atoms with Gasteiger partial charge >= 0.3 is 0 Å². The van der Waals surface area contributed by atoms with Crippen LogP contribution < -0.4 is 5.32 Å². The van der Waals surface area contributed by atoms with E-state index in [1.165, 1.54) is 0 Å². The number of amides is 1. The van der Waals surface area contributed by atoms with E-state index in [1.54, 1.807) is 12.2 Å². The van der Waals surface area contributed by atoms with E-state index in [4.69, 9.17) is 4.52 Å². The van der Waals surface area contributed by atoms with Crippen LogP contribution in [0.2, 0.25) is 0 Å². The second-order valence-corrected chi connectivity index (χ2v) is 5.13. The minimum Gasteiger partial charge on any atom is -0.360 e. The molecule has 0 atom stereocenters. The van der Waals surface area contributed by atoms with Gasteiger partial charge in [0.1, 0.15) is 17.4 Å². The Morgan fingerprint density at radius 2 is 2.22 bits per heavy atom.